The van der Waals surface area contributed by atoms with Crippen LogP contribution in [0.3, 0.4) is 0 Å². The highest BCUT2D eigenvalue weighted by molar-refractivity contribution is 6.15. The number of allylic oxidation sites excluding steroid dienone is 1. The van der Waals surface area contributed by atoms with Gasteiger partial charge in [-0.05, 0) is 49.2 Å². The lowest BCUT2D eigenvalue weighted by Gasteiger charge is -2.34. The van der Waals surface area contributed by atoms with Crippen molar-refractivity contribution in [3.05, 3.63) is 94.2 Å². The Balaban J connectivity index is 1.42. The molecule has 5 nitrogen and oxygen atoms in total. The first kappa shape index (κ1) is 21.3. The SMILES string of the molecule is Cc1c2c(cc3c1O/C(=C\c1ccc(N(C)C)cc1)C3=O)CN(C(C)c1ccccc1)CO2. The number of hydrogen-bond donors (Lipinski definition) is 0. The van der Waals surface area contributed by atoms with Gasteiger partial charge in [0, 0.05) is 43.5 Å². The molecule has 2 heterocycles. The van der Waals surface area contributed by atoms with Gasteiger partial charge in [-0.25, -0.2) is 0 Å². The summed E-state index contributed by atoms with van der Waals surface area (Å²) in [5.74, 6) is 1.71. The maximum atomic E-state index is 13.2. The summed E-state index contributed by atoms with van der Waals surface area (Å²) in [6.07, 6.45) is 1.81. The van der Waals surface area contributed by atoms with Crippen molar-refractivity contribution in [3.8, 4) is 11.5 Å². The molecule has 0 N–H and O–H groups in total. The van der Waals surface area contributed by atoms with Crippen LogP contribution < -0.4 is 14.4 Å². The largest absolute Gasteiger partial charge is 0.477 e. The zero-order valence-corrected chi connectivity index (χ0v) is 19.5. The second-order valence-corrected chi connectivity index (χ2v) is 8.90. The summed E-state index contributed by atoms with van der Waals surface area (Å²) < 4.78 is 12.2. The number of ether oxygens (including phenoxy) is 2. The molecule has 0 aliphatic carbocycles. The Morgan fingerprint density at radius 2 is 1.76 bits per heavy atom. The van der Waals surface area contributed by atoms with Crippen LogP contribution in [-0.2, 0) is 6.54 Å². The van der Waals surface area contributed by atoms with E-state index in [1.807, 2.05) is 68.4 Å². The standard InChI is InChI=1S/C28H28N2O3/c1-18-27-22(16-30(17-32-27)19(2)21-8-6-5-7-9-21)15-24-26(31)25(33-28(18)24)14-20-10-12-23(13-11-20)29(3)4/h5-15,19H,16-17H2,1-4H3/b25-14-. The Morgan fingerprint density at radius 1 is 1.03 bits per heavy atom. The lowest BCUT2D eigenvalue weighted by atomic mass is 9.99. The molecule has 0 saturated heterocycles. The highest BCUT2D eigenvalue weighted by Crippen LogP contribution is 2.44. The van der Waals surface area contributed by atoms with Gasteiger partial charge in [0.15, 0.2) is 5.76 Å². The van der Waals surface area contributed by atoms with E-state index in [1.54, 1.807) is 0 Å². The molecule has 2 aliphatic heterocycles. The molecule has 1 unspecified atom stereocenters. The number of nitrogens with zero attached hydrogens (tertiary/aromatic N) is 2. The van der Waals surface area contributed by atoms with E-state index >= 15 is 0 Å². The van der Waals surface area contributed by atoms with Crippen molar-refractivity contribution in [1.29, 1.82) is 0 Å². The molecule has 0 fully saturated rings. The fraction of sp³-hybridized carbons (Fsp3) is 0.250. The zero-order valence-electron chi connectivity index (χ0n) is 19.5. The zero-order chi connectivity index (χ0) is 23.1. The van der Waals surface area contributed by atoms with Gasteiger partial charge in [0.1, 0.15) is 18.2 Å². The third-order valence-electron chi connectivity index (χ3n) is 6.50. The third-order valence-corrected chi connectivity index (χ3v) is 6.50. The van der Waals surface area contributed by atoms with E-state index in [9.17, 15) is 4.79 Å². The maximum absolute atomic E-state index is 13.2. The number of benzene rings is 3. The van der Waals surface area contributed by atoms with E-state index in [1.165, 1.54) is 5.56 Å². The molecule has 1 atom stereocenters. The van der Waals surface area contributed by atoms with Gasteiger partial charge in [-0.15, -0.1) is 0 Å². The highest BCUT2D eigenvalue weighted by Gasteiger charge is 2.34. The van der Waals surface area contributed by atoms with E-state index in [0.717, 1.165) is 34.7 Å². The number of fused-ring (bicyclic) bond motifs is 2. The minimum atomic E-state index is -0.0826. The number of carbonyl (C=O) groups excluding carboxylic acids is 1. The number of ketones is 1. The first-order valence-corrected chi connectivity index (χ1v) is 11.2. The molecule has 0 bridgehead atoms. The second-order valence-electron chi connectivity index (χ2n) is 8.90. The summed E-state index contributed by atoms with van der Waals surface area (Å²) in [6.45, 7) is 5.37. The molecule has 3 aromatic rings. The van der Waals surface area contributed by atoms with Gasteiger partial charge in [0.05, 0.1) is 5.56 Å². The third kappa shape index (κ3) is 3.89. The predicted octanol–water partition coefficient (Wildman–Crippen LogP) is 5.59. The smallest absolute Gasteiger partial charge is 0.231 e. The topological polar surface area (TPSA) is 42.0 Å². The summed E-state index contributed by atoms with van der Waals surface area (Å²) >= 11 is 0. The van der Waals surface area contributed by atoms with Gasteiger partial charge in [0.2, 0.25) is 5.78 Å². The Labute approximate surface area is 194 Å². The maximum Gasteiger partial charge on any atom is 0.231 e. The van der Waals surface area contributed by atoms with Crippen LogP contribution in [0.25, 0.3) is 6.08 Å². The van der Waals surface area contributed by atoms with Crippen LogP contribution in [0.1, 0.15) is 45.6 Å². The monoisotopic (exact) mass is 440 g/mol. The van der Waals surface area contributed by atoms with Crippen LogP contribution in [0, 0.1) is 6.92 Å². The number of hydrogen-bond acceptors (Lipinski definition) is 5. The normalized spacial score (nSPS) is 17.2. The summed E-state index contributed by atoms with van der Waals surface area (Å²) in [6, 6.07) is 20.6. The summed E-state index contributed by atoms with van der Waals surface area (Å²) in [7, 11) is 4.00. The van der Waals surface area contributed by atoms with Gasteiger partial charge >= 0.3 is 0 Å². The molecule has 0 radical (unpaired) electrons. The fourth-order valence-electron chi connectivity index (χ4n) is 4.48. The predicted molar refractivity (Wildman–Crippen MR) is 131 cm³/mol. The molecule has 168 valence electrons. The van der Waals surface area contributed by atoms with E-state index in [2.05, 4.69) is 36.1 Å². The van der Waals surface area contributed by atoms with Crippen LogP contribution in [0.4, 0.5) is 5.69 Å². The lowest BCUT2D eigenvalue weighted by molar-refractivity contribution is 0.0609. The van der Waals surface area contributed by atoms with E-state index in [-0.39, 0.29) is 11.8 Å². The summed E-state index contributed by atoms with van der Waals surface area (Å²) in [4.78, 5) is 17.5. The van der Waals surface area contributed by atoms with Crippen molar-refractivity contribution < 1.29 is 14.3 Å². The first-order valence-electron chi connectivity index (χ1n) is 11.2. The fourth-order valence-corrected chi connectivity index (χ4v) is 4.48. The summed E-state index contributed by atoms with van der Waals surface area (Å²) in [5.41, 5.74) is 5.79. The molecule has 3 aromatic carbocycles. The second kappa shape index (κ2) is 8.41. The molecule has 2 aliphatic rings. The van der Waals surface area contributed by atoms with Crippen molar-refractivity contribution in [2.75, 3.05) is 25.7 Å². The molecule has 33 heavy (non-hydrogen) atoms. The molecule has 0 saturated carbocycles. The van der Waals surface area contributed by atoms with Gasteiger partial charge in [-0.2, -0.15) is 0 Å². The molecular weight excluding hydrogens is 412 g/mol. The van der Waals surface area contributed by atoms with Crippen molar-refractivity contribution in [1.82, 2.24) is 4.90 Å². The molecule has 0 spiro atoms. The quantitative estimate of drug-likeness (QED) is 0.495. The van der Waals surface area contributed by atoms with Gasteiger partial charge in [-0.3, -0.25) is 9.69 Å². The van der Waals surface area contributed by atoms with Crippen molar-refractivity contribution in [2.24, 2.45) is 0 Å². The molecule has 0 amide bonds. The van der Waals surface area contributed by atoms with Crippen LogP contribution in [0.2, 0.25) is 0 Å². The number of anilines is 1. The highest BCUT2D eigenvalue weighted by atomic mass is 16.5. The number of Topliss-reactive ketones (excluding diaryl/α,β-unsaturated/α-hetero) is 1. The minimum absolute atomic E-state index is 0.0826. The Morgan fingerprint density at radius 3 is 2.45 bits per heavy atom. The average Bonchev–Trinajstić information content (AvgIpc) is 3.14. The van der Waals surface area contributed by atoms with Crippen molar-refractivity contribution in [2.45, 2.75) is 26.4 Å². The molecule has 5 heteroatoms. The van der Waals surface area contributed by atoms with Crippen LogP contribution in [-0.4, -0.2) is 31.5 Å². The molecule has 0 aromatic heterocycles. The Kier molecular flexibility index (Phi) is 5.43. The molecule has 5 rings (SSSR count). The van der Waals surface area contributed by atoms with Crippen molar-refractivity contribution in [3.63, 3.8) is 0 Å². The minimum Gasteiger partial charge on any atom is -0.477 e. The van der Waals surface area contributed by atoms with Gasteiger partial charge in [-0.1, -0.05) is 42.5 Å². The van der Waals surface area contributed by atoms with Crippen molar-refractivity contribution >= 4 is 17.5 Å². The number of carbonyl (C=O) groups is 1. The average molecular weight is 441 g/mol. The van der Waals surface area contributed by atoms with Crippen LogP contribution in [0.15, 0.2) is 66.4 Å². The van der Waals surface area contributed by atoms with E-state index < -0.39 is 0 Å². The van der Waals surface area contributed by atoms with Gasteiger partial charge in [0.25, 0.3) is 0 Å². The van der Waals surface area contributed by atoms with Crippen LogP contribution in [0.5, 0.6) is 11.5 Å². The van der Waals surface area contributed by atoms with E-state index in [0.29, 0.717) is 23.8 Å². The Bertz CT molecular complexity index is 1230. The lowest BCUT2D eigenvalue weighted by Crippen LogP contribution is -2.34. The summed E-state index contributed by atoms with van der Waals surface area (Å²) in [5, 5.41) is 0. The van der Waals surface area contributed by atoms with Gasteiger partial charge < -0.3 is 14.4 Å². The van der Waals surface area contributed by atoms with Crippen LogP contribution >= 0.6 is 0 Å². The Hall–Kier alpha value is -3.57. The first-order chi connectivity index (χ1) is 15.9. The number of rotatable bonds is 4. The molecular formula is C28H28N2O3. The van der Waals surface area contributed by atoms with E-state index in [4.69, 9.17) is 9.47 Å².